The van der Waals surface area contributed by atoms with Crippen molar-refractivity contribution in [2.24, 2.45) is 0 Å². The van der Waals surface area contributed by atoms with Crippen molar-refractivity contribution in [2.45, 2.75) is 0 Å². The largest absolute Gasteiger partial charge is 0.246 e. The van der Waals surface area contributed by atoms with Crippen LogP contribution in [0.4, 0.5) is 17.6 Å². The zero-order chi connectivity index (χ0) is 42.0. The van der Waals surface area contributed by atoms with E-state index < -0.39 is 0 Å². The molecule has 0 fully saturated rings. The van der Waals surface area contributed by atoms with E-state index in [1.807, 2.05) is 126 Å². The van der Waals surface area contributed by atoms with Crippen LogP contribution in [0.2, 0.25) is 0 Å². The van der Waals surface area contributed by atoms with Crippen LogP contribution in [-0.2, 0) is 0 Å². The van der Waals surface area contributed by atoms with Crippen molar-refractivity contribution in [3.63, 3.8) is 0 Å². The second kappa shape index (κ2) is 16.4. The van der Waals surface area contributed by atoms with E-state index >= 15 is 0 Å². The highest BCUT2D eigenvalue weighted by Crippen LogP contribution is 2.44. The van der Waals surface area contributed by atoms with Crippen molar-refractivity contribution in [3.05, 3.63) is 224 Å². The summed E-state index contributed by atoms with van der Waals surface area (Å²) in [5.74, 6) is 2.83. The molecule has 11 aromatic rings. The molecule has 2 aromatic heterocycles. The summed E-state index contributed by atoms with van der Waals surface area (Å²) in [6.45, 7) is 0. The third-order valence-electron chi connectivity index (χ3n) is 11.2. The molecule has 0 spiro atoms. The molecule has 0 bridgehead atoms. The van der Waals surface area contributed by atoms with E-state index in [4.69, 9.17) is 29.9 Å². The predicted octanol–water partition coefficient (Wildman–Crippen LogP) is 13.8. The monoisotopic (exact) mass is 807 g/mol. The van der Waals surface area contributed by atoms with Crippen LogP contribution >= 0.6 is 0 Å². The highest BCUT2D eigenvalue weighted by molar-refractivity contribution is 6.21. The fraction of sp³-hybridized carbons (Fsp3) is 0. The van der Waals surface area contributed by atoms with E-state index in [1.165, 1.54) is 32.7 Å². The molecule has 7 nitrogen and oxygen atoms in total. The lowest BCUT2D eigenvalue weighted by atomic mass is 9.86. The first kappa shape index (κ1) is 37.3. The van der Waals surface area contributed by atoms with Gasteiger partial charge in [0.25, 0.3) is 0 Å². The van der Waals surface area contributed by atoms with Gasteiger partial charge in [0, 0.05) is 22.3 Å². The van der Waals surface area contributed by atoms with Gasteiger partial charge in [0.1, 0.15) is 0 Å². The smallest absolute Gasteiger partial charge is 0.241 e. The van der Waals surface area contributed by atoms with Gasteiger partial charge in [0.15, 0.2) is 23.3 Å². The van der Waals surface area contributed by atoms with E-state index in [0.717, 1.165) is 39.1 Å². The van der Waals surface area contributed by atoms with Crippen LogP contribution < -0.4 is 4.90 Å². The zero-order valence-electron chi connectivity index (χ0n) is 34.0. The van der Waals surface area contributed by atoms with Gasteiger partial charge >= 0.3 is 0 Å². The maximum atomic E-state index is 5.19. The number of fused-ring (bicyclic) bond motifs is 2. The van der Waals surface area contributed by atoms with Crippen LogP contribution in [0.25, 0.3) is 89.4 Å². The number of hydrogen-bond acceptors (Lipinski definition) is 7. The Bertz CT molecular complexity index is 3070. The molecule has 2 heterocycles. The summed E-state index contributed by atoms with van der Waals surface area (Å²) in [5, 5.41) is 4.74. The molecule has 7 heteroatoms. The Morgan fingerprint density at radius 2 is 0.476 bits per heavy atom. The fourth-order valence-electron chi connectivity index (χ4n) is 8.25. The maximum Gasteiger partial charge on any atom is 0.241 e. The molecule has 63 heavy (non-hydrogen) atoms. The van der Waals surface area contributed by atoms with Gasteiger partial charge in [0.2, 0.25) is 11.9 Å². The molecule has 0 amide bonds. The molecular formula is C56H37N7. The van der Waals surface area contributed by atoms with E-state index in [9.17, 15) is 0 Å². The van der Waals surface area contributed by atoms with E-state index in [0.29, 0.717) is 35.2 Å². The van der Waals surface area contributed by atoms with E-state index in [1.54, 1.807) is 0 Å². The number of benzene rings is 9. The van der Waals surface area contributed by atoms with Gasteiger partial charge in [-0.3, -0.25) is 0 Å². The van der Waals surface area contributed by atoms with Gasteiger partial charge < -0.3 is 0 Å². The van der Waals surface area contributed by atoms with Crippen LogP contribution in [0.15, 0.2) is 224 Å². The third-order valence-corrected chi connectivity index (χ3v) is 11.2. The summed E-state index contributed by atoms with van der Waals surface area (Å²) in [7, 11) is 0. The standard InChI is InChI=1S/C56H37N7/c1-6-20-38(21-7-1)49-45-30-16-18-32-47(45)50(48-33-19-17-31-46(48)49)39-34-36-44(37-35-39)63(55-59-51(40-22-8-2-9-23-40)57-52(60-55)41-24-10-3-11-25-41)56-61-53(42-26-12-4-13-27-42)58-54(62-56)43-28-14-5-15-29-43/h1-37H. The molecule has 0 N–H and O–H groups in total. The zero-order valence-corrected chi connectivity index (χ0v) is 34.0. The second-order valence-electron chi connectivity index (χ2n) is 15.1. The van der Waals surface area contributed by atoms with E-state index in [-0.39, 0.29) is 0 Å². The van der Waals surface area contributed by atoms with Gasteiger partial charge in [0.05, 0.1) is 5.69 Å². The van der Waals surface area contributed by atoms with Crippen LogP contribution in [0, 0.1) is 0 Å². The highest BCUT2D eigenvalue weighted by Gasteiger charge is 2.25. The summed E-state index contributed by atoms with van der Waals surface area (Å²) >= 11 is 0. The minimum absolute atomic E-state index is 0.364. The molecule has 0 aliphatic carbocycles. The van der Waals surface area contributed by atoms with Crippen LogP contribution in [0.3, 0.4) is 0 Å². The van der Waals surface area contributed by atoms with Gasteiger partial charge in [-0.05, 0) is 55.9 Å². The summed E-state index contributed by atoms with van der Waals surface area (Å²) in [6, 6.07) is 76.5. The molecule has 0 aliphatic rings. The van der Waals surface area contributed by atoms with Crippen LogP contribution in [0.1, 0.15) is 0 Å². The molecule has 0 atom stereocenters. The minimum Gasteiger partial charge on any atom is -0.246 e. The highest BCUT2D eigenvalue weighted by atomic mass is 15.4. The molecular weight excluding hydrogens is 771 g/mol. The van der Waals surface area contributed by atoms with Crippen molar-refractivity contribution in [3.8, 4) is 67.8 Å². The number of anilines is 3. The first-order valence-corrected chi connectivity index (χ1v) is 20.9. The average Bonchev–Trinajstić information content (AvgIpc) is 3.37. The first-order valence-electron chi connectivity index (χ1n) is 20.9. The number of aromatic nitrogens is 6. The fourth-order valence-corrected chi connectivity index (χ4v) is 8.25. The predicted molar refractivity (Wildman–Crippen MR) is 256 cm³/mol. The number of nitrogens with zero attached hydrogens (tertiary/aromatic N) is 7. The molecule has 11 rings (SSSR count). The molecule has 0 aliphatic heterocycles. The molecule has 0 saturated heterocycles. The van der Waals surface area contributed by atoms with Crippen molar-refractivity contribution >= 4 is 39.1 Å². The Labute approximate surface area is 364 Å². The van der Waals surface area contributed by atoms with E-state index in [2.05, 4.69) is 103 Å². The summed E-state index contributed by atoms with van der Waals surface area (Å²) in [6.07, 6.45) is 0. The SMILES string of the molecule is c1ccc(-c2nc(-c3ccccc3)nc(N(c3ccc(-c4c5ccccc5c(-c5ccccc5)c5ccccc45)cc3)c3nc(-c4ccccc4)nc(-c4ccccc4)n3)n2)cc1. The molecule has 0 radical (unpaired) electrons. The maximum absolute atomic E-state index is 5.19. The third kappa shape index (κ3) is 7.23. The Kier molecular flexibility index (Phi) is 9.72. The van der Waals surface area contributed by atoms with Gasteiger partial charge in [-0.25, -0.2) is 14.9 Å². The Balaban J connectivity index is 1.15. The average molecular weight is 808 g/mol. The molecule has 0 saturated carbocycles. The topological polar surface area (TPSA) is 80.6 Å². The van der Waals surface area contributed by atoms with Crippen molar-refractivity contribution < 1.29 is 0 Å². The quantitative estimate of drug-likeness (QED) is 0.134. The van der Waals surface area contributed by atoms with Crippen LogP contribution in [0.5, 0.6) is 0 Å². The number of rotatable bonds is 9. The summed E-state index contributed by atoms with van der Waals surface area (Å²) < 4.78 is 0. The molecule has 9 aromatic carbocycles. The van der Waals surface area contributed by atoms with Gasteiger partial charge in [-0.2, -0.15) is 19.9 Å². The Morgan fingerprint density at radius 3 is 0.778 bits per heavy atom. The molecule has 296 valence electrons. The van der Waals surface area contributed by atoms with Gasteiger partial charge in [-0.15, -0.1) is 0 Å². The normalized spacial score (nSPS) is 11.2. The Morgan fingerprint density at radius 1 is 0.222 bits per heavy atom. The van der Waals surface area contributed by atoms with Crippen molar-refractivity contribution in [2.75, 3.05) is 4.90 Å². The second-order valence-corrected chi connectivity index (χ2v) is 15.1. The van der Waals surface area contributed by atoms with Crippen LogP contribution in [-0.4, -0.2) is 29.9 Å². The Hall–Kier alpha value is -8.68. The number of hydrogen-bond donors (Lipinski definition) is 0. The minimum atomic E-state index is 0.364. The molecule has 0 unspecified atom stereocenters. The van der Waals surface area contributed by atoms with Gasteiger partial charge in [-0.1, -0.05) is 212 Å². The first-order chi connectivity index (χ1) is 31.2. The summed E-state index contributed by atoms with van der Waals surface area (Å²) in [5.41, 5.74) is 8.85. The lowest BCUT2D eigenvalue weighted by molar-refractivity contribution is 0.964. The van der Waals surface area contributed by atoms with Crippen molar-refractivity contribution in [1.29, 1.82) is 0 Å². The van der Waals surface area contributed by atoms with Crippen molar-refractivity contribution in [1.82, 2.24) is 29.9 Å². The lowest BCUT2D eigenvalue weighted by Crippen LogP contribution is -2.19. The lowest BCUT2D eigenvalue weighted by Gasteiger charge is -2.23. The summed E-state index contributed by atoms with van der Waals surface area (Å²) in [4.78, 5) is 32.7.